The number of rotatable bonds is 7. The fourth-order valence-corrected chi connectivity index (χ4v) is 5.36. The molecule has 2 aromatic rings. The Labute approximate surface area is 180 Å². The summed E-state index contributed by atoms with van der Waals surface area (Å²) in [5.74, 6) is 0.220. The van der Waals surface area contributed by atoms with Crippen molar-refractivity contribution in [3.8, 4) is 5.75 Å². The van der Waals surface area contributed by atoms with Gasteiger partial charge in [-0.2, -0.15) is 0 Å². The van der Waals surface area contributed by atoms with Gasteiger partial charge in [0.05, 0.1) is 25.0 Å². The van der Waals surface area contributed by atoms with Gasteiger partial charge in [-0.1, -0.05) is 12.1 Å². The number of amides is 2. The van der Waals surface area contributed by atoms with E-state index in [1.54, 1.807) is 49.3 Å². The average molecular weight is 450 g/mol. The lowest BCUT2D eigenvalue weighted by atomic mass is 9.99. The number of hydrogen-bond acceptors (Lipinski definition) is 6. The molecule has 10 heteroatoms. The first kappa shape index (κ1) is 22.0. The van der Waals surface area contributed by atoms with Crippen LogP contribution in [0.1, 0.15) is 11.1 Å². The molecular weight excluding hydrogens is 426 g/mol. The van der Waals surface area contributed by atoms with Crippen molar-refractivity contribution in [1.82, 2.24) is 10.2 Å². The normalized spacial score (nSPS) is 13.6. The summed E-state index contributed by atoms with van der Waals surface area (Å²) >= 11 is 1.27. The molecule has 0 radical (unpaired) electrons. The number of carbonyl (C=O) groups is 2. The number of likely N-dealkylation sites (N-methyl/N-ethyl adjacent to an activating group) is 1. The summed E-state index contributed by atoms with van der Waals surface area (Å²) < 4.78 is 33.7. The maximum absolute atomic E-state index is 13.0. The zero-order valence-electron chi connectivity index (χ0n) is 16.9. The minimum absolute atomic E-state index is 0.0216. The highest BCUT2D eigenvalue weighted by atomic mass is 32.2. The van der Waals surface area contributed by atoms with E-state index >= 15 is 0 Å². The summed E-state index contributed by atoms with van der Waals surface area (Å²) in [6, 6.07) is 9.75. The molecule has 0 aliphatic carbocycles. The predicted molar refractivity (Wildman–Crippen MR) is 115 cm³/mol. The van der Waals surface area contributed by atoms with Gasteiger partial charge in [0.15, 0.2) is 0 Å². The van der Waals surface area contributed by atoms with Crippen molar-refractivity contribution >= 4 is 39.3 Å². The molecule has 160 valence electrons. The maximum Gasteiger partial charge on any atom is 0.265 e. The van der Waals surface area contributed by atoms with E-state index < -0.39 is 10.0 Å². The van der Waals surface area contributed by atoms with Gasteiger partial charge in [-0.15, -0.1) is 11.8 Å². The lowest BCUT2D eigenvalue weighted by molar-refractivity contribution is -0.130. The minimum atomic E-state index is -3.90. The van der Waals surface area contributed by atoms with Gasteiger partial charge in [0.1, 0.15) is 10.6 Å². The minimum Gasteiger partial charge on any atom is -0.495 e. The second kappa shape index (κ2) is 8.97. The standard InChI is InChI=1S/C20H23N3O5S2/c1-21-19(24)12-29-17-9-14(8-13-11-23(2)20(25)10-15(13)17)22-30(26,27)18-7-5-4-6-16(18)28-3/h4-9,22H,10-12H2,1-3H3,(H,21,24). The molecule has 0 saturated carbocycles. The Hall–Kier alpha value is -2.72. The Morgan fingerprint density at radius 1 is 1.27 bits per heavy atom. The highest BCUT2D eigenvalue weighted by Crippen LogP contribution is 2.34. The lowest BCUT2D eigenvalue weighted by Crippen LogP contribution is -2.33. The smallest absolute Gasteiger partial charge is 0.265 e. The maximum atomic E-state index is 13.0. The number of para-hydroxylation sites is 1. The fourth-order valence-electron chi connectivity index (χ4n) is 3.13. The van der Waals surface area contributed by atoms with Crippen molar-refractivity contribution < 1.29 is 22.7 Å². The summed E-state index contributed by atoms with van der Waals surface area (Å²) in [7, 11) is 0.760. The Morgan fingerprint density at radius 2 is 2.00 bits per heavy atom. The fraction of sp³-hybridized carbons (Fsp3) is 0.300. The van der Waals surface area contributed by atoms with Crippen LogP contribution in [0.4, 0.5) is 5.69 Å². The highest BCUT2D eigenvalue weighted by molar-refractivity contribution is 8.00. The SMILES string of the molecule is CNC(=O)CSc1cc(NS(=O)(=O)c2ccccc2OC)cc2c1CC(=O)N(C)C2. The van der Waals surface area contributed by atoms with Crippen LogP contribution in [0.2, 0.25) is 0 Å². The number of anilines is 1. The first-order valence-corrected chi connectivity index (χ1v) is 11.6. The third-order valence-corrected chi connectivity index (χ3v) is 7.21. The largest absolute Gasteiger partial charge is 0.495 e. The molecule has 8 nitrogen and oxygen atoms in total. The number of thioether (sulfide) groups is 1. The summed E-state index contributed by atoms with van der Waals surface area (Å²) in [6.45, 7) is 0.367. The van der Waals surface area contributed by atoms with E-state index in [-0.39, 0.29) is 34.6 Å². The van der Waals surface area contributed by atoms with Gasteiger partial charge >= 0.3 is 0 Å². The van der Waals surface area contributed by atoms with Crippen LogP contribution in [0.3, 0.4) is 0 Å². The van der Waals surface area contributed by atoms with Crippen molar-refractivity contribution in [2.75, 3.05) is 31.7 Å². The second-order valence-electron chi connectivity index (χ2n) is 6.76. The number of nitrogens with one attached hydrogen (secondary N) is 2. The summed E-state index contributed by atoms with van der Waals surface area (Å²) in [5, 5.41) is 2.56. The van der Waals surface area contributed by atoms with Gasteiger partial charge in [0.25, 0.3) is 10.0 Å². The van der Waals surface area contributed by atoms with Crippen molar-refractivity contribution in [1.29, 1.82) is 0 Å². The first-order valence-electron chi connectivity index (χ1n) is 9.14. The summed E-state index contributed by atoms with van der Waals surface area (Å²) in [5.41, 5.74) is 2.03. The van der Waals surface area contributed by atoms with Crippen molar-refractivity contribution in [3.63, 3.8) is 0 Å². The molecule has 0 atom stereocenters. The van der Waals surface area contributed by atoms with Gasteiger partial charge in [-0.3, -0.25) is 14.3 Å². The topological polar surface area (TPSA) is 105 Å². The predicted octanol–water partition coefficient (Wildman–Crippen LogP) is 1.85. The first-order chi connectivity index (χ1) is 14.2. The van der Waals surface area contributed by atoms with E-state index in [0.717, 1.165) is 11.1 Å². The zero-order chi connectivity index (χ0) is 21.9. The highest BCUT2D eigenvalue weighted by Gasteiger charge is 2.26. The van der Waals surface area contributed by atoms with Crippen LogP contribution in [0.15, 0.2) is 46.2 Å². The Bertz CT molecular complexity index is 1090. The Kier molecular flexibility index (Phi) is 6.57. The summed E-state index contributed by atoms with van der Waals surface area (Å²) in [6.07, 6.45) is 0.210. The van der Waals surface area contributed by atoms with Crippen LogP contribution < -0.4 is 14.8 Å². The number of ether oxygens (including phenoxy) is 1. The third kappa shape index (κ3) is 4.71. The van der Waals surface area contributed by atoms with E-state index in [4.69, 9.17) is 4.74 Å². The number of carbonyl (C=O) groups excluding carboxylic acids is 2. The van der Waals surface area contributed by atoms with E-state index in [1.807, 2.05) is 0 Å². The van der Waals surface area contributed by atoms with E-state index in [0.29, 0.717) is 17.1 Å². The van der Waals surface area contributed by atoms with Gasteiger partial charge in [0.2, 0.25) is 11.8 Å². The molecule has 0 unspecified atom stereocenters. The van der Waals surface area contributed by atoms with Crippen LogP contribution in [0, 0.1) is 0 Å². The van der Waals surface area contributed by atoms with Gasteiger partial charge in [-0.25, -0.2) is 8.42 Å². The molecule has 1 heterocycles. The van der Waals surface area contributed by atoms with E-state index in [2.05, 4.69) is 10.0 Å². The summed E-state index contributed by atoms with van der Waals surface area (Å²) in [4.78, 5) is 26.2. The molecule has 2 aromatic carbocycles. The zero-order valence-corrected chi connectivity index (χ0v) is 18.5. The van der Waals surface area contributed by atoms with Crippen LogP contribution in [-0.4, -0.2) is 52.1 Å². The molecule has 2 N–H and O–H groups in total. The molecular formula is C20H23N3O5S2. The van der Waals surface area contributed by atoms with E-state index in [9.17, 15) is 18.0 Å². The molecule has 2 amide bonds. The van der Waals surface area contributed by atoms with Crippen LogP contribution in [0.25, 0.3) is 0 Å². The van der Waals surface area contributed by atoms with Crippen LogP contribution in [-0.2, 0) is 32.6 Å². The quantitative estimate of drug-likeness (QED) is 0.625. The van der Waals surface area contributed by atoms with Gasteiger partial charge < -0.3 is 15.0 Å². The average Bonchev–Trinajstić information content (AvgIpc) is 2.72. The second-order valence-corrected chi connectivity index (χ2v) is 9.42. The molecule has 3 rings (SSSR count). The van der Waals surface area contributed by atoms with Gasteiger partial charge in [-0.05, 0) is 35.4 Å². The number of benzene rings is 2. The number of fused-ring (bicyclic) bond motifs is 1. The van der Waals surface area contributed by atoms with Gasteiger partial charge in [0, 0.05) is 25.5 Å². The molecule has 0 saturated heterocycles. The Balaban J connectivity index is 1.99. The number of methoxy groups -OCH3 is 1. The van der Waals surface area contributed by atoms with E-state index in [1.165, 1.54) is 24.9 Å². The van der Waals surface area contributed by atoms with Crippen molar-refractivity contribution in [2.45, 2.75) is 22.8 Å². The number of nitrogens with zero attached hydrogens (tertiary/aromatic N) is 1. The monoisotopic (exact) mass is 449 g/mol. The molecule has 1 aliphatic heterocycles. The Morgan fingerprint density at radius 3 is 2.70 bits per heavy atom. The lowest BCUT2D eigenvalue weighted by Gasteiger charge is -2.27. The molecule has 0 fully saturated rings. The molecule has 0 spiro atoms. The van der Waals surface area contributed by atoms with Crippen molar-refractivity contribution in [3.05, 3.63) is 47.5 Å². The van der Waals surface area contributed by atoms with Crippen LogP contribution >= 0.6 is 11.8 Å². The number of hydrogen-bond donors (Lipinski definition) is 2. The molecule has 0 bridgehead atoms. The molecule has 0 aromatic heterocycles. The molecule has 1 aliphatic rings. The van der Waals surface area contributed by atoms with Crippen molar-refractivity contribution in [2.24, 2.45) is 0 Å². The molecule has 30 heavy (non-hydrogen) atoms. The third-order valence-electron chi connectivity index (χ3n) is 4.71. The van der Waals surface area contributed by atoms with Crippen LogP contribution in [0.5, 0.6) is 5.75 Å². The number of sulfonamides is 1.